The molecule has 1 aromatic rings. The molecule has 2 rings (SSSR count). The maximum absolute atomic E-state index is 6.24. The number of rotatable bonds is 5. The smallest absolute Gasteiger partial charge is 0.0897 e. The minimum atomic E-state index is -0.188. The topological polar surface area (TPSA) is 47.3 Å². The Morgan fingerprint density at radius 2 is 2.05 bits per heavy atom. The van der Waals surface area contributed by atoms with Gasteiger partial charge in [-0.3, -0.25) is 5.84 Å². The van der Waals surface area contributed by atoms with Gasteiger partial charge in [0.15, 0.2) is 0 Å². The van der Waals surface area contributed by atoms with Gasteiger partial charge in [-0.25, -0.2) is 5.43 Å². The lowest BCUT2D eigenvalue weighted by atomic mass is 9.68. The van der Waals surface area contributed by atoms with Crippen LogP contribution >= 0.6 is 27.3 Å². The Morgan fingerprint density at radius 3 is 2.50 bits per heavy atom. The fraction of sp³-hybridized carbons (Fsp3) is 0.733. The minimum Gasteiger partial charge on any atom is -0.373 e. The van der Waals surface area contributed by atoms with E-state index in [-0.39, 0.29) is 11.6 Å². The van der Waals surface area contributed by atoms with Gasteiger partial charge in [-0.2, -0.15) is 0 Å². The van der Waals surface area contributed by atoms with Crippen LogP contribution in [0.25, 0.3) is 0 Å². The highest BCUT2D eigenvalue weighted by molar-refractivity contribution is 9.10. The number of ether oxygens (including phenoxy) is 1. The van der Waals surface area contributed by atoms with E-state index in [0.717, 1.165) is 23.9 Å². The molecular weight excluding hydrogens is 336 g/mol. The number of hydrogen-bond acceptors (Lipinski definition) is 4. The lowest BCUT2D eigenvalue weighted by Crippen LogP contribution is -2.51. The van der Waals surface area contributed by atoms with Gasteiger partial charge in [0.2, 0.25) is 0 Å². The van der Waals surface area contributed by atoms with Gasteiger partial charge in [-0.05, 0) is 65.4 Å². The lowest BCUT2D eigenvalue weighted by molar-refractivity contribution is -0.107. The van der Waals surface area contributed by atoms with Crippen LogP contribution < -0.4 is 11.3 Å². The summed E-state index contributed by atoms with van der Waals surface area (Å²) in [4.78, 5) is 1.24. The highest BCUT2D eigenvalue weighted by atomic mass is 79.9. The van der Waals surface area contributed by atoms with E-state index in [4.69, 9.17) is 10.6 Å². The third-order valence-corrected chi connectivity index (χ3v) is 6.42. The molecule has 0 aliphatic heterocycles. The molecule has 1 aromatic heterocycles. The molecule has 1 unspecified atom stereocenters. The zero-order valence-electron chi connectivity index (χ0n) is 12.5. The first-order valence-corrected chi connectivity index (χ1v) is 8.94. The van der Waals surface area contributed by atoms with Gasteiger partial charge in [0.25, 0.3) is 0 Å². The molecule has 3 N–H and O–H groups in total. The number of nitrogens with one attached hydrogen (secondary N) is 1. The molecule has 1 fully saturated rings. The first-order valence-electron chi connectivity index (χ1n) is 7.27. The monoisotopic (exact) mass is 360 g/mol. The van der Waals surface area contributed by atoms with Gasteiger partial charge in [0, 0.05) is 16.0 Å². The van der Waals surface area contributed by atoms with Crippen LogP contribution in [0.2, 0.25) is 0 Å². The van der Waals surface area contributed by atoms with Crippen molar-refractivity contribution in [3.63, 3.8) is 0 Å². The van der Waals surface area contributed by atoms with E-state index in [9.17, 15) is 0 Å². The molecule has 1 aliphatic rings. The molecule has 0 bridgehead atoms. The molecule has 5 heteroatoms. The molecule has 1 heterocycles. The summed E-state index contributed by atoms with van der Waals surface area (Å²) >= 11 is 5.36. The fourth-order valence-corrected chi connectivity index (χ4v) is 4.90. The zero-order chi connectivity index (χ0) is 14.8. The van der Waals surface area contributed by atoms with Gasteiger partial charge in [-0.1, -0.05) is 13.8 Å². The predicted molar refractivity (Wildman–Crippen MR) is 88.7 cm³/mol. The molecule has 0 radical (unpaired) electrons. The Kier molecular flexibility index (Phi) is 5.29. The van der Waals surface area contributed by atoms with Crippen molar-refractivity contribution in [3.8, 4) is 0 Å². The van der Waals surface area contributed by atoms with E-state index in [1.807, 2.05) is 0 Å². The number of thiophene rings is 1. The maximum Gasteiger partial charge on any atom is 0.0897 e. The normalized spacial score (nSPS) is 22.6. The Labute approximate surface area is 134 Å². The largest absolute Gasteiger partial charge is 0.373 e. The van der Waals surface area contributed by atoms with E-state index >= 15 is 0 Å². The molecule has 114 valence electrons. The average molecular weight is 361 g/mol. The number of nitrogens with two attached hydrogens (primary N) is 1. The number of hydrazine groups is 1. The second-order valence-electron chi connectivity index (χ2n) is 6.39. The van der Waals surface area contributed by atoms with Crippen LogP contribution in [0.4, 0.5) is 0 Å². The molecule has 3 nitrogen and oxygen atoms in total. The molecule has 0 amide bonds. The van der Waals surface area contributed by atoms with Crippen LogP contribution in [0.1, 0.15) is 57.4 Å². The number of halogens is 1. The van der Waals surface area contributed by atoms with Gasteiger partial charge >= 0.3 is 0 Å². The summed E-state index contributed by atoms with van der Waals surface area (Å²) in [6, 6.07) is 2.13. The number of hydrogen-bond donors (Lipinski definition) is 2. The van der Waals surface area contributed by atoms with E-state index in [0.29, 0.717) is 5.41 Å². The fourth-order valence-electron chi connectivity index (χ4n) is 3.13. The van der Waals surface area contributed by atoms with Crippen molar-refractivity contribution in [1.29, 1.82) is 0 Å². The minimum absolute atomic E-state index is 0.0490. The zero-order valence-corrected chi connectivity index (χ0v) is 14.9. The Bertz CT molecular complexity index is 437. The summed E-state index contributed by atoms with van der Waals surface area (Å²) in [5.74, 6) is 5.90. The van der Waals surface area contributed by atoms with Crippen molar-refractivity contribution in [3.05, 3.63) is 20.8 Å². The van der Waals surface area contributed by atoms with Gasteiger partial charge in [0.05, 0.1) is 11.6 Å². The summed E-state index contributed by atoms with van der Waals surface area (Å²) < 4.78 is 7.36. The molecule has 1 atom stereocenters. The molecule has 20 heavy (non-hydrogen) atoms. The van der Waals surface area contributed by atoms with Gasteiger partial charge in [0.1, 0.15) is 0 Å². The van der Waals surface area contributed by atoms with Crippen molar-refractivity contribution in [2.45, 2.75) is 58.1 Å². The van der Waals surface area contributed by atoms with Crippen LogP contribution in [-0.4, -0.2) is 12.2 Å². The molecule has 0 spiro atoms. The molecule has 1 aliphatic carbocycles. The van der Waals surface area contributed by atoms with E-state index < -0.39 is 0 Å². The van der Waals surface area contributed by atoms with Crippen molar-refractivity contribution in [2.24, 2.45) is 11.3 Å². The van der Waals surface area contributed by atoms with Crippen LogP contribution in [0.5, 0.6) is 0 Å². The van der Waals surface area contributed by atoms with Crippen LogP contribution in [0.3, 0.4) is 0 Å². The SMILES string of the molecule is CCOC1(C(NN)c2sccc2Br)CCC(C)(C)CC1. The Balaban J connectivity index is 2.29. The third-order valence-electron chi connectivity index (χ3n) is 4.48. The Morgan fingerprint density at radius 1 is 1.40 bits per heavy atom. The highest BCUT2D eigenvalue weighted by Gasteiger charge is 2.46. The van der Waals surface area contributed by atoms with E-state index in [1.165, 1.54) is 17.7 Å². The lowest BCUT2D eigenvalue weighted by Gasteiger charge is -2.47. The first kappa shape index (κ1) is 16.4. The van der Waals surface area contributed by atoms with Gasteiger partial charge in [-0.15, -0.1) is 11.3 Å². The average Bonchev–Trinajstić information content (AvgIpc) is 2.81. The molecule has 0 aromatic carbocycles. The highest BCUT2D eigenvalue weighted by Crippen LogP contribution is 2.49. The second-order valence-corrected chi connectivity index (χ2v) is 8.20. The van der Waals surface area contributed by atoms with Crippen molar-refractivity contribution >= 4 is 27.3 Å². The van der Waals surface area contributed by atoms with E-state index in [1.54, 1.807) is 11.3 Å². The first-order chi connectivity index (χ1) is 9.44. The molecule has 1 saturated carbocycles. The standard InChI is InChI=1S/C15H25BrN2OS/c1-4-19-15(8-6-14(2,3)7-9-15)13(18-17)12-11(16)5-10-20-12/h5,10,13,18H,4,6-9,17H2,1-3H3. The summed E-state index contributed by atoms with van der Waals surface area (Å²) in [6.07, 6.45) is 4.45. The van der Waals surface area contributed by atoms with Crippen LogP contribution in [-0.2, 0) is 4.74 Å². The van der Waals surface area contributed by atoms with Gasteiger partial charge < -0.3 is 4.74 Å². The summed E-state index contributed by atoms with van der Waals surface area (Å²) in [6.45, 7) is 7.48. The van der Waals surface area contributed by atoms with E-state index in [2.05, 4.69) is 53.6 Å². The van der Waals surface area contributed by atoms with Crippen molar-refractivity contribution in [1.82, 2.24) is 5.43 Å². The molecular formula is C15H25BrN2OS. The predicted octanol–water partition coefficient (Wildman–Crippen LogP) is 4.39. The van der Waals surface area contributed by atoms with Crippen LogP contribution in [0, 0.1) is 5.41 Å². The summed E-state index contributed by atoms with van der Waals surface area (Å²) in [5.41, 5.74) is 3.24. The third kappa shape index (κ3) is 3.28. The van der Waals surface area contributed by atoms with Crippen molar-refractivity contribution in [2.75, 3.05) is 6.61 Å². The van der Waals surface area contributed by atoms with Crippen molar-refractivity contribution < 1.29 is 4.74 Å². The van der Waals surface area contributed by atoms with Crippen LogP contribution in [0.15, 0.2) is 15.9 Å². The molecule has 0 saturated heterocycles. The second kappa shape index (κ2) is 6.44. The maximum atomic E-state index is 6.24. The summed E-state index contributed by atoms with van der Waals surface area (Å²) in [5, 5.41) is 2.09. The Hall–Kier alpha value is 0.0600. The quantitative estimate of drug-likeness (QED) is 0.604. The summed E-state index contributed by atoms with van der Waals surface area (Å²) in [7, 11) is 0.